The molecule has 1 aliphatic rings. The standard InChI is InChI=1S/C32H27N3O6/c36-27(19-35-30(38)23-15-7-13-22-14-8-16-24(28(22)23)31(35)39)33-25(17-20-9-3-1-4-10-20)29(37)34-26(32(40)41)18-21-11-5-2-6-12-21/h1-16,25-26H,17-19H2,(H,33,36)(H,34,37)(H,40,41). The Hall–Kier alpha value is -5.31. The third-order valence-electron chi connectivity index (χ3n) is 6.99. The van der Waals surface area contributed by atoms with Gasteiger partial charge < -0.3 is 15.7 Å². The molecule has 9 nitrogen and oxygen atoms in total. The van der Waals surface area contributed by atoms with Crippen LogP contribution in [-0.4, -0.2) is 58.2 Å². The quantitative estimate of drug-likeness (QED) is 0.261. The van der Waals surface area contributed by atoms with Gasteiger partial charge in [0.1, 0.15) is 18.6 Å². The van der Waals surface area contributed by atoms with Crippen molar-refractivity contribution in [2.75, 3.05) is 6.54 Å². The molecule has 4 aromatic carbocycles. The number of carbonyl (C=O) groups excluding carboxylic acids is 4. The molecule has 1 aliphatic heterocycles. The first-order valence-corrected chi connectivity index (χ1v) is 13.1. The third kappa shape index (κ3) is 5.99. The lowest BCUT2D eigenvalue weighted by Crippen LogP contribution is -2.55. The van der Waals surface area contributed by atoms with Gasteiger partial charge in [-0.15, -0.1) is 0 Å². The van der Waals surface area contributed by atoms with E-state index in [1.807, 2.05) is 6.07 Å². The molecule has 2 atom stereocenters. The molecule has 9 heteroatoms. The van der Waals surface area contributed by atoms with Crippen LogP contribution < -0.4 is 10.6 Å². The summed E-state index contributed by atoms with van der Waals surface area (Å²) < 4.78 is 0. The van der Waals surface area contributed by atoms with Crippen LogP contribution in [-0.2, 0) is 27.2 Å². The molecular formula is C32H27N3O6. The number of rotatable bonds is 10. The van der Waals surface area contributed by atoms with Crippen LogP contribution in [0.3, 0.4) is 0 Å². The molecule has 41 heavy (non-hydrogen) atoms. The summed E-state index contributed by atoms with van der Waals surface area (Å²) in [7, 11) is 0. The fourth-order valence-corrected chi connectivity index (χ4v) is 4.99. The molecule has 0 spiro atoms. The van der Waals surface area contributed by atoms with Gasteiger partial charge in [0.2, 0.25) is 11.8 Å². The number of imide groups is 1. The highest BCUT2D eigenvalue weighted by atomic mass is 16.4. The molecule has 3 N–H and O–H groups in total. The second-order valence-corrected chi connectivity index (χ2v) is 9.80. The molecule has 0 saturated carbocycles. The van der Waals surface area contributed by atoms with Gasteiger partial charge in [0.15, 0.2) is 0 Å². The van der Waals surface area contributed by atoms with Crippen LogP contribution >= 0.6 is 0 Å². The van der Waals surface area contributed by atoms with Gasteiger partial charge >= 0.3 is 5.97 Å². The maximum absolute atomic E-state index is 13.4. The molecule has 0 saturated heterocycles. The van der Waals surface area contributed by atoms with E-state index in [-0.39, 0.29) is 12.8 Å². The Balaban J connectivity index is 1.34. The number of nitrogens with zero attached hydrogens (tertiary/aromatic N) is 1. The minimum Gasteiger partial charge on any atom is -0.480 e. The van der Waals surface area contributed by atoms with E-state index in [9.17, 15) is 29.1 Å². The van der Waals surface area contributed by atoms with Gasteiger partial charge in [-0.25, -0.2) is 4.79 Å². The van der Waals surface area contributed by atoms with E-state index in [0.717, 1.165) is 21.4 Å². The first-order chi connectivity index (χ1) is 19.8. The summed E-state index contributed by atoms with van der Waals surface area (Å²) in [6.45, 7) is -0.604. The number of benzene rings is 4. The maximum Gasteiger partial charge on any atom is 0.326 e. The summed E-state index contributed by atoms with van der Waals surface area (Å²) in [6.07, 6.45) is 0.121. The molecule has 5 rings (SSSR count). The predicted molar refractivity (Wildman–Crippen MR) is 151 cm³/mol. The fourth-order valence-electron chi connectivity index (χ4n) is 4.99. The van der Waals surface area contributed by atoms with E-state index in [1.165, 1.54) is 0 Å². The molecule has 2 unspecified atom stereocenters. The zero-order chi connectivity index (χ0) is 28.9. The van der Waals surface area contributed by atoms with Gasteiger partial charge in [-0.1, -0.05) is 84.9 Å². The van der Waals surface area contributed by atoms with Gasteiger partial charge in [0.25, 0.3) is 11.8 Å². The topological polar surface area (TPSA) is 133 Å². The normalized spacial score (nSPS) is 13.9. The Morgan fingerprint density at radius 1 is 0.659 bits per heavy atom. The number of carboxylic acids is 1. The molecule has 1 heterocycles. The van der Waals surface area contributed by atoms with Crippen molar-refractivity contribution < 1.29 is 29.1 Å². The zero-order valence-corrected chi connectivity index (χ0v) is 21.9. The number of hydrogen-bond acceptors (Lipinski definition) is 5. The van der Waals surface area contributed by atoms with Crippen molar-refractivity contribution in [2.45, 2.75) is 24.9 Å². The van der Waals surface area contributed by atoms with Gasteiger partial charge in [0.05, 0.1) is 0 Å². The van der Waals surface area contributed by atoms with Crippen LogP contribution in [0, 0.1) is 0 Å². The van der Waals surface area contributed by atoms with Crippen LogP contribution in [0.15, 0.2) is 97.1 Å². The van der Waals surface area contributed by atoms with Crippen molar-refractivity contribution in [1.29, 1.82) is 0 Å². The summed E-state index contributed by atoms with van der Waals surface area (Å²) in [5.74, 6) is -3.86. The highest BCUT2D eigenvalue weighted by Gasteiger charge is 2.35. The van der Waals surface area contributed by atoms with Crippen molar-refractivity contribution >= 4 is 40.4 Å². The number of carbonyl (C=O) groups is 5. The van der Waals surface area contributed by atoms with E-state index in [2.05, 4.69) is 10.6 Å². The summed E-state index contributed by atoms with van der Waals surface area (Å²) in [5, 5.41) is 16.2. The van der Waals surface area contributed by atoms with Crippen molar-refractivity contribution in [3.8, 4) is 0 Å². The summed E-state index contributed by atoms with van der Waals surface area (Å²) >= 11 is 0. The second-order valence-electron chi connectivity index (χ2n) is 9.80. The highest BCUT2D eigenvalue weighted by molar-refractivity contribution is 6.26. The highest BCUT2D eigenvalue weighted by Crippen LogP contribution is 2.29. The monoisotopic (exact) mass is 549 g/mol. The van der Waals surface area contributed by atoms with Gasteiger partial charge in [-0.3, -0.25) is 24.1 Å². The minimum atomic E-state index is -1.23. The largest absolute Gasteiger partial charge is 0.480 e. The molecular weight excluding hydrogens is 522 g/mol. The van der Waals surface area contributed by atoms with Crippen LogP contribution in [0.4, 0.5) is 0 Å². The number of hydrogen-bond donors (Lipinski definition) is 3. The molecule has 4 amide bonds. The molecule has 0 bridgehead atoms. The summed E-state index contributed by atoms with van der Waals surface area (Å²) in [6, 6.07) is 25.7. The smallest absolute Gasteiger partial charge is 0.326 e. The first kappa shape index (κ1) is 27.3. The van der Waals surface area contributed by atoms with Crippen LogP contribution in [0.5, 0.6) is 0 Å². The molecule has 4 aromatic rings. The Morgan fingerprint density at radius 3 is 1.68 bits per heavy atom. The Labute approximate surface area is 235 Å². The van der Waals surface area contributed by atoms with Crippen molar-refractivity contribution in [3.05, 3.63) is 119 Å². The van der Waals surface area contributed by atoms with Crippen LogP contribution in [0.25, 0.3) is 10.8 Å². The number of carboxylic acid groups (broad SMARTS) is 1. The number of aliphatic carboxylic acids is 1. The minimum absolute atomic E-state index is 0.0512. The lowest BCUT2D eigenvalue weighted by Gasteiger charge is -2.27. The molecule has 0 aromatic heterocycles. The first-order valence-electron chi connectivity index (χ1n) is 13.1. The van der Waals surface area contributed by atoms with E-state index >= 15 is 0 Å². The predicted octanol–water partition coefficient (Wildman–Crippen LogP) is 2.98. The Kier molecular flexibility index (Phi) is 7.87. The van der Waals surface area contributed by atoms with E-state index in [4.69, 9.17) is 0 Å². The van der Waals surface area contributed by atoms with E-state index in [1.54, 1.807) is 91.0 Å². The lowest BCUT2D eigenvalue weighted by atomic mass is 9.94. The SMILES string of the molecule is O=C(CN1C(=O)c2cccc3cccc(c23)C1=O)NC(Cc1ccccc1)C(=O)NC(Cc1ccccc1)C(=O)O. The number of nitrogens with one attached hydrogen (secondary N) is 2. The van der Waals surface area contributed by atoms with Crippen molar-refractivity contribution in [1.82, 2.24) is 15.5 Å². The van der Waals surface area contributed by atoms with Crippen molar-refractivity contribution in [3.63, 3.8) is 0 Å². The molecule has 0 fully saturated rings. The van der Waals surface area contributed by atoms with Crippen LogP contribution in [0.1, 0.15) is 31.8 Å². The van der Waals surface area contributed by atoms with E-state index < -0.39 is 48.2 Å². The number of amides is 4. The summed E-state index contributed by atoms with van der Waals surface area (Å²) in [5.41, 5.74) is 2.08. The van der Waals surface area contributed by atoms with Gasteiger partial charge in [0, 0.05) is 29.4 Å². The third-order valence-corrected chi connectivity index (χ3v) is 6.99. The lowest BCUT2D eigenvalue weighted by molar-refractivity contribution is -0.142. The Morgan fingerprint density at radius 2 is 1.17 bits per heavy atom. The van der Waals surface area contributed by atoms with Crippen LogP contribution in [0.2, 0.25) is 0 Å². The Bertz CT molecular complexity index is 1590. The molecule has 0 aliphatic carbocycles. The average molecular weight is 550 g/mol. The zero-order valence-electron chi connectivity index (χ0n) is 21.9. The van der Waals surface area contributed by atoms with Gasteiger partial charge in [-0.2, -0.15) is 0 Å². The summed E-state index contributed by atoms with van der Waals surface area (Å²) in [4.78, 5) is 65.9. The van der Waals surface area contributed by atoms with Gasteiger partial charge in [-0.05, 0) is 28.6 Å². The molecule has 0 radical (unpaired) electrons. The average Bonchev–Trinajstić information content (AvgIpc) is 2.98. The maximum atomic E-state index is 13.4. The van der Waals surface area contributed by atoms with E-state index in [0.29, 0.717) is 16.5 Å². The fraction of sp³-hybridized carbons (Fsp3) is 0.156. The second kappa shape index (κ2) is 11.8. The molecule has 206 valence electrons. The van der Waals surface area contributed by atoms with Crippen molar-refractivity contribution in [2.24, 2.45) is 0 Å².